The van der Waals surface area contributed by atoms with Gasteiger partial charge in [0.05, 0.1) is 6.20 Å². The predicted molar refractivity (Wildman–Crippen MR) is 75.6 cm³/mol. The lowest BCUT2D eigenvalue weighted by Gasteiger charge is -2.19. The first-order valence-corrected chi connectivity index (χ1v) is 7.09. The second kappa shape index (κ2) is 5.76. The summed E-state index contributed by atoms with van der Waals surface area (Å²) in [5.74, 6) is 2.21. The van der Waals surface area contributed by atoms with E-state index in [-0.39, 0.29) is 0 Å². The molecule has 2 aromatic rings. The van der Waals surface area contributed by atoms with E-state index in [1.165, 1.54) is 12.0 Å². The third kappa shape index (κ3) is 3.17. The summed E-state index contributed by atoms with van der Waals surface area (Å²) in [4.78, 5) is 4.42. The quantitative estimate of drug-likeness (QED) is 0.934. The molecular weight excluding hydrogens is 260 g/mol. The normalized spacial score (nSPS) is 19.5. The minimum atomic E-state index is 0.424. The third-order valence-electron chi connectivity index (χ3n) is 3.51. The molecule has 1 aromatic heterocycles. The largest absolute Gasteiger partial charge is 0.445 e. The monoisotopic (exact) mass is 276 g/mol. The number of piperidine rings is 1. The summed E-state index contributed by atoms with van der Waals surface area (Å²) >= 11 is 5.88. The van der Waals surface area contributed by atoms with E-state index in [1.54, 1.807) is 0 Å². The molecule has 3 rings (SSSR count). The lowest BCUT2D eigenvalue weighted by atomic mass is 10.00. The smallest absolute Gasteiger partial charge is 0.198 e. The van der Waals surface area contributed by atoms with Crippen molar-refractivity contribution >= 4 is 11.6 Å². The van der Waals surface area contributed by atoms with E-state index in [0.717, 1.165) is 42.6 Å². The lowest BCUT2D eigenvalue weighted by Crippen LogP contribution is -2.28. The van der Waals surface area contributed by atoms with E-state index < -0.39 is 0 Å². The van der Waals surface area contributed by atoms with Crippen molar-refractivity contribution in [1.29, 1.82) is 0 Å². The van der Waals surface area contributed by atoms with Gasteiger partial charge in [-0.1, -0.05) is 23.7 Å². The van der Waals surface area contributed by atoms with Crippen molar-refractivity contribution in [3.8, 4) is 0 Å². The van der Waals surface area contributed by atoms with Crippen LogP contribution in [-0.2, 0) is 6.42 Å². The van der Waals surface area contributed by atoms with E-state index in [0.29, 0.717) is 5.92 Å². The van der Waals surface area contributed by atoms with Crippen LogP contribution in [0.1, 0.15) is 36.0 Å². The van der Waals surface area contributed by atoms with Crippen molar-refractivity contribution in [1.82, 2.24) is 10.3 Å². The number of oxazole rings is 1. The summed E-state index contributed by atoms with van der Waals surface area (Å²) in [6, 6.07) is 7.85. The first kappa shape index (κ1) is 12.7. The summed E-state index contributed by atoms with van der Waals surface area (Å²) in [5, 5.41) is 4.14. The Morgan fingerprint density at radius 3 is 2.89 bits per heavy atom. The number of aromatic nitrogens is 1. The second-order valence-corrected chi connectivity index (χ2v) is 5.45. The van der Waals surface area contributed by atoms with Gasteiger partial charge in [0, 0.05) is 23.9 Å². The minimum Gasteiger partial charge on any atom is -0.445 e. The Kier molecular flexibility index (Phi) is 3.85. The molecule has 1 aliphatic rings. The molecule has 0 amide bonds. The van der Waals surface area contributed by atoms with Crippen LogP contribution in [0.4, 0.5) is 0 Å². The molecule has 3 nitrogen and oxygen atoms in total. The SMILES string of the molecule is Clc1ccc(Cc2cnc([C@H]3CCCNC3)o2)cc1. The number of nitrogens with one attached hydrogen (secondary N) is 1. The fourth-order valence-corrected chi connectivity index (χ4v) is 2.59. The summed E-state index contributed by atoms with van der Waals surface area (Å²) in [5.41, 5.74) is 1.19. The van der Waals surface area contributed by atoms with E-state index in [1.807, 2.05) is 30.5 Å². The fraction of sp³-hybridized carbons (Fsp3) is 0.400. The van der Waals surface area contributed by atoms with Crippen molar-refractivity contribution in [2.45, 2.75) is 25.2 Å². The van der Waals surface area contributed by atoms with Crippen LogP contribution in [-0.4, -0.2) is 18.1 Å². The zero-order valence-corrected chi connectivity index (χ0v) is 11.5. The first-order valence-electron chi connectivity index (χ1n) is 6.71. The lowest BCUT2D eigenvalue weighted by molar-refractivity contribution is 0.365. The van der Waals surface area contributed by atoms with Gasteiger partial charge in [-0.3, -0.25) is 0 Å². The molecule has 1 saturated heterocycles. The Bertz CT molecular complexity index is 529. The van der Waals surface area contributed by atoms with Crippen LogP contribution >= 0.6 is 11.6 Å². The van der Waals surface area contributed by atoms with Gasteiger partial charge < -0.3 is 9.73 Å². The molecule has 1 aliphatic heterocycles. The fourth-order valence-electron chi connectivity index (χ4n) is 2.46. The van der Waals surface area contributed by atoms with Crippen LogP contribution in [0.2, 0.25) is 5.02 Å². The number of halogens is 1. The maximum Gasteiger partial charge on any atom is 0.198 e. The van der Waals surface area contributed by atoms with Gasteiger partial charge >= 0.3 is 0 Å². The van der Waals surface area contributed by atoms with Crippen molar-refractivity contribution in [2.75, 3.05) is 13.1 Å². The Hall–Kier alpha value is -1.32. The van der Waals surface area contributed by atoms with Crippen LogP contribution in [0.5, 0.6) is 0 Å². The van der Waals surface area contributed by atoms with Gasteiger partial charge in [0.15, 0.2) is 5.89 Å². The van der Waals surface area contributed by atoms with E-state index in [4.69, 9.17) is 16.0 Å². The van der Waals surface area contributed by atoms with Crippen LogP contribution in [0, 0.1) is 0 Å². The zero-order chi connectivity index (χ0) is 13.1. The van der Waals surface area contributed by atoms with Gasteiger partial charge in [-0.15, -0.1) is 0 Å². The maximum atomic E-state index is 5.88. The number of rotatable bonds is 3. The third-order valence-corrected chi connectivity index (χ3v) is 3.76. The Labute approximate surface area is 118 Å². The van der Waals surface area contributed by atoms with Gasteiger partial charge in [0.25, 0.3) is 0 Å². The average molecular weight is 277 g/mol. The summed E-state index contributed by atoms with van der Waals surface area (Å²) in [6.07, 6.45) is 4.97. The van der Waals surface area contributed by atoms with Crippen LogP contribution in [0.15, 0.2) is 34.9 Å². The maximum absolute atomic E-state index is 5.88. The molecule has 1 aromatic carbocycles. The summed E-state index contributed by atoms with van der Waals surface area (Å²) < 4.78 is 5.87. The predicted octanol–water partition coefficient (Wildman–Crippen LogP) is 3.39. The van der Waals surface area contributed by atoms with Crippen LogP contribution in [0.3, 0.4) is 0 Å². The van der Waals surface area contributed by atoms with E-state index in [2.05, 4.69) is 10.3 Å². The van der Waals surface area contributed by atoms with Gasteiger partial charge in [-0.25, -0.2) is 4.98 Å². The Morgan fingerprint density at radius 1 is 1.32 bits per heavy atom. The Balaban J connectivity index is 1.68. The molecule has 2 heterocycles. The molecule has 1 atom stereocenters. The minimum absolute atomic E-state index is 0.424. The number of benzene rings is 1. The van der Waals surface area contributed by atoms with Crippen LogP contribution in [0.25, 0.3) is 0 Å². The highest BCUT2D eigenvalue weighted by atomic mass is 35.5. The molecule has 0 spiro atoms. The molecule has 0 aliphatic carbocycles. The highest BCUT2D eigenvalue weighted by Gasteiger charge is 2.19. The number of nitrogens with zero attached hydrogens (tertiary/aromatic N) is 1. The van der Waals surface area contributed by atoms with Gasteiger partial charge in [-0.2, -0.15) is 0 Å². The Morgan fingerprint density at radius 2 is 2.16 bits per heavy atom. The molecule has 4 heteroatoms. The van der Waals surface area contributed by atoms with E-state index >= 15 is 0 Å². The van der Waals surface area contributed by atoms with Crippen molar-refractivity contribution in [2.24, 2.45) is 0 Å². The number of hydrogen-bond acceptors (Lipinski definition) is 3. The average Bonchev–Trinajstić information content (AvgIpc) is 2.91. The molecule has 1 fully saturated rings. The molecular formula is C15H17ClN2O. The second-order valence-electron chi connectivity index (χ2n) is 5.01. The van der Waals surface area contributed by atoms with Crippen molar-refractivity contribution in [3.05, 3.63) is 52.7 Å². The number of hydrogen-bond donors (Lipinski definition) is 1. The van der Waals surface area contributed by atoms with Crippen molar-refractivity contribution < 1.29 is 4.42 Å². The van der Waals surface area contributed by atoms with Gasteiger partial charge in [-0.05, 0) is 37.1 Å². The molecule has 0 saturated carbocycles. The highest BCUT2D eigenvalue weighted by Crippen LogP contribution is 2.23. The first-order chi connectivity index (χ1) is 9.31. The zero-order valence-electron chi connectivity index (χ0n) is 10.7. The van der Waals surface area contributed by atoms with Gasteiger partial charge in [0.2, 0.25) is 0 Å². The van der Waals surface area contributed by atoms with Gasteiger partial charge in [0.1, 0.15) is 5.76 Å². The van der Waals surface area contributed by atoms with Crippen molar-refractivity contribution in [3.63, 3.8) is 0 Å². The molecule has 0 bridgehead atoms. The molecule has 100 valence electrons. The molecule has 0 radical (unpaired) electrons. The summed E-state index contributed by atoms with van der Waals surface area (Å²) in [6.45, 7) is 2.08. The molecule has 19 heavy (non-hydrogen) atoms. The topological polar surface area (TPSA) is 38.1 Å². The highest BCUT2D eigenvalue weighted by molar-refractivity contribution is 6.30. The van der Waals surface area contributed by atoms with Crippen LogP contribution < -0.4 is 5.32 Å². The molecule has 0 unspecified atom stereocenters. The van der Waals surface area contributed by atoms with E-state index in [9.17, 15) is 0 Å². The molecule has 1 N–H and O–H groups in total. The standard InChI is InChI=1S/C15H17ClN2O/c16-13-5-3-11(4-6-13)8-14-10-18-15(19-14)12-2-1-7-17-9-12/h3-6,10,12,17H,1-2,7-9H2/t12-/m0/s1. The summed E-state index contributed by atoms with van der Waals surface area (Å²) in [7, 11) is 0.